The third-order valence-corrected chi connectivity index (χ3v) is 2.75. The Morgan fingerprint density at radius 2 is 2.00 bits per heavy atom. The van der Waals surface area contributed by atoms with Crippen LogP contribution in [0.4, 0.5) is 0 Å². The van der Waals surface area contributed by atoms with Gasteiger partial charge in [0.25, 0.3) is 0 Å². The van der Waals surface area contributed by atoms with Crippen molar-refractivity contribution in [2.24, 2.45) is 0 Å². The lowest BCUT2D eigenvalue weighted by Crippen LogP contribution is -2.62. The van der Waals surface area contributed by atoms with Gasteiger partial charge in [0.2, 0.25) is 0 Å². The number of fused-ring (bicyclic) bond motifs is 1. The van der Waals surface area contributed by atoms with Gasteiger partial charge >= 0.3 is 0 Å². The van der Waals surface area contributed by atoms with Gasteiger partial charge in [0.1, 0.15) is 0 Å². The molecule has 0 aromatic rings. The summed E-state index contributed by atoms with van der Waals surface area (Å²) in [6, 6.07) is 1.10. The van der Waals surface area contributed by atoms with Crippen LogP contribution in [0.2, 0.25) is 0 Å². The highest BCUT2D eigenvalue weighted by Crippen LogP contribution is 2.14. The molecule has 12 heavy (non-hydrogen) atoms. The predicted octanol–water partition coefficient (Wildman–Crippen LogP) is -0.551. The second kappa shape index (κ2) is 2.96. The summed E-state index contributed by atoms with van der Waals surface area (Å²) in [6.45, 7) is 7.67. The first-order valence-electron chi connectivity index (χ1n) is 4.72. The number of piperazine rings is 1. The highest BCUT2D eigenvalue weighted by molar-refractivity contribution is 4.92. The Labute approximate surface area is 73.7 Å². The summed E-state index contributed by atoms with van der Waals surface area (Å²) in [4.78, 5) is 0. The predicted molar refractivity (Wildman–Crippen MR) is 48.3 cm³/mol. The first kappa shape index (κ1) is 8.44. The van der Waals surface area contributed by atoms with Crippen LogP contribution in [-0.4, -0.2) is 36.0 Å². The molecular weight excluding hydrogens is 152 g/mol. The third-order valence-electron chi connectivity index (χ3n) is 2.75. The van der Waals surface area contributed by atoms with E-state index < -0.39 is 0 Å². The molecule has 2 heterocycles. The molecule has 0 aromatic heterocycles. The molecule has 2 aliphatic heterocycles. The summed E-state index contributed by atoms with van der Waals surface area (Å²) in [5.41, 5.74) is 3.42. The first-order valence-corrected chi connectivity index (χ1v) is 4.72. The molecule has 0 aromatic carbocycles. The molecule has 0 spiro atoms. The minimum Gasteiger partial charge on any atom is -0.310 e. The Hall–Kier alpha value is -0.160. The molecule has 0 aliphatic carbocycles. The highest BCUT2D eigenvalue weighted by atomic mass is 15.7. The van der Waals surface area contributed by atoms with Gasteiger partial charge in [-0.3, -0.25) is 5.32 Å². The lowest BCUT2D eigenvalue weighted by molar-refractivity contribution is 0.0635. The van der Waals surface area contributed by atoms with Crippen molar-refractivity contribution in [2.75, 3.05) is 6.54 Å². The maximum atomic E-state index is 3.49. The SMILES string of the molecule is CC1NCC(C)N2N[C@@H](C)NC12. The van der Waals surface area contributed by atoms with Crippen molar-refractivity contribution in [2.45, 2.75) is 45.2 Å². The average molecular weight is 170 g/mol. The summed E-state index contributed by atoms with van der Waals surface area (Å²) in [5.74, 6) is 0. The van der Waals surface area contributed by atoms with Crippen LogP contribution >= 0.6 is 0 Å². The molecule has 0 bridgehead atoms. The van der Waals surface area contributed by atoms with Gasteiger partial charge in [-0.25, -0.2) is 10.4 Å². The number of hydrazine groups is 1. The molecule has 3 unspecified atom stereocenters. The molecule has 0 radical (unpaired) electrons. The van der Waals surface area contributed by atoms with Gasteiger partial charge in [0.05, 0.1) is 12.3 Å². The van der Waals surface area contributed by atoms with Gasteiger partial charge in [-0.05, 0) is 20.8 Å². The average Bonchev–Trinajstić information content (AvgIpc) is 2.41. The zero-order valence-electron chi connectivity index (χ0n) is 7.96. The number of hydrogen-bond acceptors (Lipinski definition) is 4. The topological polar surface area (TPSA) is 39.3 Å². The molecule has 2 fully saturated rings. The van der Waals surface area contributed by atoms with Crippen LogP contribution in [-0.2, 0) is 0 Å². The summed E-state index contributed by atoms with van der Waals surface area (Å²) < 4.78 is 0. The molecule has 3 N–H and O–H groups in total. The molecule has 0 saturated carbocycles. The van der Waals surface area contributed by atoms with E-state index in [0.717, 1.165) is 6.54 Å². The Morgan fingerprint density at radius 1 is 1.25 bits per heavy atom. The van der Waals surface area contributed by atoms with Gasteiger partial charge in [-0.15, -0.1) is 0 Å². The number of nitrogens with one attached hydrogen (secondary N) is 3. The van der Waals surface area contributed by atoms with Crippen molar-refractivity contribution in [1.82, 2.24) is 21.1 Å². The van der Waals surface area contributed by atoms with Crippen molar-refractivity contribution in [3.8, 4) is 0 Å². The second-order valence-corrected chi connectivity index (χ2v) is 3.92. The zero-order valence-corrected chi connectivity index (χ0v) is 7.96. The molecule has 2 saturated heterocycles. The number of nitrogens with zero attached hydrogens (tertiary/aromatic N) is 1. The van der Waals surface area contributed by atoms with Gasteiger partial charge in [-0.1, -0.05) is 0 Å². The summed E-state index contributed by atoms with van der Waals surface area (Å²) in [7, 11) is 0. The van der Waals surface area contributed by atoms with Gasteiger partial charge in [-0.2, -0.15) is 0 Å². The maximum absolute atomic E-state index is 3.49. The van der Waals surface area contributed by atoms with Crippen LogP contribution in [0.1, 0.15) is 20.8 Å². The molecule has 4 atom stereocenters. The van der Waals surface area contributed by atoms with Crippen molar-refractivity contribution < 1.29 is 0 Å². The first-order chi connectivity index (χ1) is 5.68. The van der Waals surface area contributed by atoms with E-state index in [9.17, 15) is 0 Å². The van der Waals surface area contributed by atoms with E-state index in [1.807, 2.05) is 0 Å². The number of hydrogen-bond donors (Lipinski definition) is 3. The van der Waals surface area contributed by atoms with E-state index in [1.165, 1.54) is 0 Å². The molecule has 4 nitrogen and oxygen atoms in total. The Morgan fingerprint density at radius 3 is 2.67 bits per heavy atom. The Kier molecular flexibility index (Phi) is 2.08. The van der Waals surface area contributed by atoms with Crippen LogP contribution in [0.25, 0.3) is 0 Å². The fourth-order valence-electron chi connectivity index (χ4n) is 2.03. The standard InChI is InChI=1S/C8H18N4/c1-5-4-9-6(2)8-10-7(3)11-12(5)8/h5-11H,4H2,1-3H3/t5?,6?,7-,8?/m0/s1. The zero-order chi connectivity index (χ0) is 8.72. The minimum absolute atomic E-state index is 0.403. The molecule has 2 aliphatic rings. The van der Waals surface area contributed by atoms with E-state index in [0.29, 0.717) is 24.4 Å². The molecule has 2 rings (SSSR count). The normalized spacial score (nSPS) is 49.2. The quantitative estimate of drug-likeness (QED) is 0.456. The van der Waals surface area contributed by atoms with Crippen molar-refractivity contribution in [3.05, 3.63) is 0 Å². The monoisotopic (exact) mass is 170 g/mol. The van der Waals surface area contributed by atoms with E-state index in [2.05, 4.69) is 41.8 Å². The maximum Gasteiger partial charge on any atom is 0.0901 e. The lowest BCUT2D eigenvalue weighted by atomic mass is 10.1. The molecule has 70 valence electrons. The molecule has 4 heteroatoms. The summed E-state index contributed by atoms with van der Waals surface area (Å²) in [5, 5.41) is 9.29. The van der Waals surface area contributed by atoms with Crippen LogP contribution < -0.4 is 16.1 Å². The molecular formula is C8H18N4. The lowest BCUT2D eigenvalue weighted by Gasteiger charge is -2.39. The van der Waals surface area contributed by atoms with Gasteiger partial charge in [0.15, 0.2) is 0 Å². The Bertz CT molecular complexity index is 154. The van der Waals surface area contributed by atoms with Crippen LogP contribution in [0.15, 0.2) is 0 Å². The smallest absolute Gasteiger partial charge is 0.0901 e. The van der Waals surface area contributed by atoms with Crippen molar-refractivity contribution >= 4 is 0 Å². The largest absolute Gasteiger partial charge is 0.310 e. The fourth-order valence-corrected chi connectivity index (χ4v) is 2.03. The van der Waals surface area contributed by atoms with Gasteiger partial charge < -0.3 is 5.32 Å². The minimum atomic E-state index is 0.403. The van der Waals surface area contributed by atoms with E-state index >= 15 is 0 Å². The summed E-state index contributed by atoms with van der Waals surface area (Å²) >= 11 is 0. The highest BCUT2D eigenvalue weighted by Gasteiger charge is 2.38. The van der Waals surface area contributed by atoms with Crippen molar-refractivity contribution in [1.29, 1.82) is 0 Å². The van der Waals surface area contributed by atoms with Crippen LogP contribution in [0.3, 0.4) is 0 Å². The Balaban J connectivity index is 2.09. The number of rotatable bonds is 0. The fraction of sp³-hybridized carbons (Fsp3) is 1.00. The van der Waals surface area contributed by atoms with Gasteiger partial charge in [0, 0.05) is 18.6 Å². The second-order valence-electron chi connectivity index (χ2n) is 3.92. The van der Waals surface area contributed by atoms with E-state index in [1.54, 1.807) is 0 Å². The van der Waals surface area contributed by atoms with Crippen LogP contribution in [0, 0.1) is 0 Å². The van der Waals surface area contributed by atoms with E-state index in [4.69, 9.17) is 0 Å². The summed E-state index contributed by atoms with van der Waals surface area (Å²) in [6.07, 6.45) is 0.851. The molecule has 0 amide bonds. The van der Waals surface area contributed by atoms with E-state index in [-0.39, 0.29) is 0 Å². The van der Waals surface area contributed by atoms with Crippen molar-refractivity contribution in [3.63, 3.8) is 0 Å². The third kappa shape index (κ3) is 1.25. The van der Waals surface area contributed by atoms with Crippen LogP contribution in [0.5, 0.6) is 0 Å².